The van der Waals surface area contributed by atoms with Crippen LogP contribution in [0.15, 0.2) is 18.2 Å². The number of carbonyl (C=O) groups excluding carboxylic acids is 1. The Morgan fingerprint density at radius 3 is 2.76 bits per heavy atom. The molecule has 0 aromatic heterocycles. The van der Waals surface area contributed by atoms with Crippen molar-refractivity contribution in [2.45, 2.75) is 33.4 Å². The third kappa shape index (κ3) is 4.54. The molecule has 0 aliphatic carbocycles. The van der Waals surface area contributed by atoms with E-state index in [0.717, 1.165) is 16.8 Å². The Labute approximate surface area is 102 Å². The molecule has 0 radical (unpaired) electrons. The molecule has 0 spiro atoms. The number of rotatable bonds is 5. The molecule has 1 aromatic carbocycles. The minimum Gasteiger partial charge on any atom is -0.369 e. The van der Waals surface area contributed by atoms with Gasteiger partial charge in [0.15, 0.2) is 0 Å². The van der Waals surface area contributed by atoms with Crippen molar-refractivity contribution >= 4 is 11.6 Å². The Bertz CT molecular complexity index is 389. The van der Waals surface area contributed by atoms with Crippen molar-refractivity contribution in [1.82, 2.24) is 0 Å². The Kier molecular flexibility index (Phi) is 5.12. The molecule has 1 amide bonds. The minimum absolute atomic E-state index is 0.0530. The van der Waals surface area contributed by atoms with Crippen LogP contribution in [0.4, 0.5) is 5.69 Å². The van der Waals surface area contributed by atoms with E-state index in [1.165, 1.54) is 0 Å². The largest absolute Gasteiger partial charge is 0.369 e. The number of hydrogen-bond acceptors (Lipinski definition) is 3. The van der Waals surface area contributed by atoms with Gasteiger partial charge in [-0.3, -0.25) is 4.79 Å². The number of anilines is 1. The quantitative estimate of drug-likeness (QED) is 0.819. The van der Waals surface area contributed by atoms with Gasteiger partial charge in [0, 0.05) is 12.2 Å². The van der Waals surface area contributed by atoms with Crippen molar-refractivity contribution in [2.75, 3.05) is 11.9 Å². The number of nitrogens with one attached hydrogen (secondary N) is 1. The highest BCUT2D eigenvalue weighted by Gasteiger charge is 2.06. The maximum absolute atomic E-state index is 11.6. The molecule has 0 saturated heterocycles. The van der Waals surface area contributed by atoms with Crippen LogP contribution in [-0.2, 0) is 16.1 Å². The molecule has 0 aliphatic heterocycles. The highest BCUT2D eigenvalue weighted by Crippen LogP contribution is 2.16. The molecule has 0 atom stereocenters. The zero-order chi connectivity index (χ0) is 12.8. The molecular formula is C13H20N2O2. The number of carbonyl (C=O) groups is 1. The van der Waals surface area contributed by atoms with Crippen LogP contribution in [0, 0.1) is 6.92 Å². The summed E-state index contributed by atoms with van der Waals surface area (Å²) < 4.78 is 5.24. The second kappa shape index (κ2) is 6.37. The summed E-state index contributed by atoms with van der Waals surface area (Å²) in [5.74, 6) is -0.143. The molecule has 0 heterocycles. The summed E-state index contributed by atoms with van der Waals surface area (Å²) in [6.07, 6.45) is 0.0530. The first-order valence-corrected chi connectivity index (χ1v) is 5.74. The van der Waals surface area contributed by atoms with Crippen LogP contribution in [0.25, 0.3) is 0 Å². The first kappa shape index (κ1) is 13.7. The van der Waals surface area contributed by atoms with Gasteiger partial charge in [-0.2, -0.15) is 0 Å². The molecular weight excluding hydrogens is 216 g/mol. The van der Waals surface area contributed by atoms with Crippen molar-refractivity contribution in [1.29, 1.82) is 0 Å². The van der Waals surface area contributed by atoms with Gasteiger partial charge in [0.05, 0.1) is 6.10 Å². The first-order chi connectivity index (χ1) is 8.02. The van der Waals surface area contributed by atoms with Crippen molar-refractivity contribution in [3.8, 4) is 0 Å². The number of nitrogens with two attached hydrogens (primary N) is 1. The molecule has 94 valence electrons. The summed E-state index contributed by atoms with van der Waals surface area (Å²) in [7, 11) is 0. The molecule has 17 heavy (non-hydrogen) atoms. The fourth-order valence-corrected chi connectivity index (χ4v) is 1.36. The van der Waals surface area contributed by atoms with Crippen molar-refractivity contribution in [3.05, 3.63) is 29.3 Å². The molecule has 1 aromatic rings. The van der Waals surface area contributed by atoms with Gasteiger partial charge in [0.2, 0.25) is 5.91 Å². The molecule has 0 unspecified atom stereocenters. The van der Waals surface area contributed by atoms with E-state index in [0.29, 0.717) is 6.54 Å². The number of hydrogen-bond donors (Lipinski definition) is 2. The van der Waals surface area contributed by atoms with E-state index in [9.17, 15) is 4.79 Å². The van der Waals surface area contributed by atoms with E-state index < -0.39 is 0 Å². The number of ether oxygens (including phenoxy) is 1. The van der Waals surface area contributed by atoms with Gasteiger partial charge in [-0.25, -0.2) is 0 Å². The van der Waals surface area contributed by atoms with Crippen molar-refractivity contribution < 1.29 is 9.53 Å². The van der Waals surface area contributed by atoms with Crippen LogP contribution in [0.1, 0.15) is 25.0 Å². The first-order valence-electron chi connectivity index (χ1n) is 5.74. The van der Waals surface area contributed by atoms with Gasteiger partial charge in [-0.05, 0) is 38.0 Å². The second-order valence-corrected chi connectivity index (χ2v) is 4.26. The summed E-state index contributed by atoms with van der Waals surface area (Å²) in [5.41, 5.74) is 8.37. The van der Waals surface area contributed by atoms with Crippen LogP contribution >= 0.6 is 0 Å². The summed E-state index contributed by atoms with van der Waals surface area (Å²) in [6.45, 7) is 6.27. The van der Waals surface area contributed by atoms with E-state index in [4.69, 9.17) is 10.5 Å². The maximum Gasteiger partial charge on any atom is 0.250 e. The van der Waals surface area contributed by atoms with Crippen LogP contribution in [0.2, 0.25) is 0 Å². The van der Waals surface area contributed by atoms with Gasteiger partial charge >= 0.3 is 0 Å². The summed E-state index contributed by atoms with van der Waals surface area (Å²) in [5, 5.41) is 2.82. The highest BCUT2D eigenvalue weighted by atomic mass is 16.5. The topological polar surface area (TPSA) is 64.3 Å². The Hall–Kier alpha value is -1.39. The van der Waals surface area contributed by atoms with Crippen LogP contribution in [0.5, 0.6) is 0 Å². The van der Waals surface area contributed by atoms with Gasteiger partial charge in [0.1, 0.15) is 6.61 Å². The minimum atomic E-state index is -0.143. The lowest BCUT2D eigenvalue weighted by Gasteiger charge is -2.11. The van der Waals surface area contributed by atoms with Crippen molar-refractivity contribution in [2.24, 2.45) is 5.73 Å². The average Bonchev–Trinajstić information content (AvgIpc) is 2.29. The Morgan fingerprint density at radius 1 is 1.47 bits per heavy atom. The van der Waals surface area contributed by atoms with Gasteiger partial charge in [0.25, 0.3) is 0 Å². The Balaban J connectivity index is 2.64. The second-order valence-electron chi connectivity index (χ2n) is 4.26. The lowest BCUT2D eigenvalue weighted by atomic mass is 10.1. The standard InChI is InChI=1S/C13H20N2O2/c1-9(2)17-8-13(16)15-12-6-11(7-14)5-4-10(12)3/h4-6,9H,7-8,14H2,1-3H3,(H,15,16). The predicted octanol–water partition coefficient (Wildman–Crippen LogP) is 1.82. The van der Waals surface area contributed by atoms with E-state index in [2.05, 4.69) is 5.32 Å². The van der Waals surface area contributed by atoms with Gasteiger partial charge in [-0.15, -0.1) is 0 Å². The third-order valence-corrected chi connectivity index (χ3v) is 2.36. The number of aryl methyl sites for hydroxylation is 1. The molecule has 0 fully saturated rings. The zero-order valence-electron chi connectivity index (χ0n) is 10.6. The van der Waals surface area contributed by atoms with Gasteiger partial charge < -0.3 is 15.8 Å². The van der Waals surface area contributed by atoms with Crippen LogP contribution < -0.4 is 11.1 Å². The zero-order valence-corrected chi connectivity index (χ0v) is 10.6. The summed E-state index contributed by atoms with van der Waals surface area (Å²) in [6, 6.07) is 5.79. The van der Waals surface area contributed by atoms with Gasteiger partial charge in [-0.1, -0.05) is 12.1 Å². The van der Waals surface area contributed by atoms with Crippen LogP contribution in [0.3, 0.4) is 0 Å². The van der Waals surface area contributed by atoms with E-state index >= 15 is 0 Å². The average molecular weight is 236 g/mol. The number of benzene rings is 1. The highest BCUT2D eigenvalue weighted by molar-refractivity contribution is 5.92. The Morgan fingerprint density at radius 2 is 2.18 bits per heavy atom. The monoisotopic (exact) mass is 236 g/mol. The molecule has 4 heteroatoms. The molecule has 1 rings (SSSR count). The summed E-state index contributed by atoms with van der Waals surface area (Å²) in [4.78, 5) is 11.6. The molecule has 3 N–H and O–H groups in total. The van der Waals surface area contributed by atoms with E-state index in [1.54, 1.807) is 0 Å². The fourth-order valence-electron chi connectivity index (χ4n) is 1.36. The normalized spacial score (nSPS) is 10.6. The van der Waals surface area contributed by atoms with Crippen molar-refractivity contribution in [3.63, 3.8) is 0 Å². The third-order valence-electron chi connectivity index (χ3n) is 2.36. The number of amides is 1. The molecule has 0 bridgehead atoms. The maximum atomic E-state index is 11.6. The smallest absolute Gasteiger partial charge is 0.250 e. The SMILES string of the molecule is Cc1ccc(CN)cc1NC(=O)COC(C)C. The predicted molar refractivity (Wildman–Crippen MR) is 68.8 cm³/mol. The fraction of sp³-hybridized carbons (Fsp3) is 0.462. The molecule has 4 nitrogen and oxygen atoms in total. The lowest BCUT2D eigenvalue weighted by Crippen LogP contribution is -2.21. The van der Waals surface area contributed by atoms with E-state index in [1.807, 2.05) is 39.0 Å². The molecule has 0 aliphatic rings. The van der Waals surface area contributed by atoms with E-state index in [-0.39, 0.29) is 18.6 Å². The molecule has 0 saturated carbocycles. The van der Waals surface area contributed by atoms with Crippen LogP contribution in [-0.4, -0.2) is 18.6 Å². The summed E-state index contributed by atoms with van der Waals surface area (Å²) >= 11 is 0. The lowest BCUT2D eigenvalue weighted by molar-refractivity contribution is -0.121.